The van der Waals surface area contributed by atoms with Gasteiger partial charge in [-0.15, -0.1) is 0 Å². The summed E-state index contributed by atoms with van der Waals surface area (Å²) in [5.74, 6) is -0.106. The van der Waals surface area contributed by atoms with Crippen molar-refractivity contribution in [3.05, 3.63) is 177 Å². The first-order valence-corrected chi connectivity index (χ1v) is 22.1. The van der Waals surface area contributed by atoms with Gasteiger partial charge in [0, 0.05) is 44.2 Å². The number of rotatable bonds is 15. The lowest BCUT2D eigenvalue weighted by Gasteiger charge is -2.34. The van der Waals surface area contributed by atoms with Crippen molar-refractivity contribution in [3.63, 3.8) is 0 Å². The zero-order valence-electron chi connectivity index (χ0n) is 36.1. The maximum absolute atomic E-state index is 14.1. The molecule has 1 amide bonds. The number of phenolic OH excluding ortho intramolecular Hbond substituents is 1. The molecule has 0 spiro atoms. The third kappa shape index (κ3) is 9.90. The molecule has 0 radical (unpaired) electrons. The van der Waals surface area contributed by atoms with E-state index in [-0.39, 0.29) is 47.7 Å². The van der Waals surface area contributed by atoms with Crippen LogP contribution in [0.1, 0.15) is 81.4 Å². The van der Waals surface area contributed by atoms with Gasteiger partial charge in [0.05, 0.1) is 30.9 Å². The van der Waals surface area contributed by atoms with Gasteiger partial charge in [0.2, 0.25) is 11.2 Å². The van der Waals surface area contributed by atoms with Crippen molar-refractivity contribution in [1.29, 1.82) is 0 Å². The van der Waals surface area contributed by atoms with Crippen LogP contribution in [-0.4, -0.2) is 88.4 Å². The molecule has 2 saturated heterocycles. The summed E-state index contributed by atoms with van der Waals surface area (Å²) in [6.45, 7) is 4.63. The number of piperidine rings is 2. The highest BCUT2D eigenvalue weighted by Crippen LogP contribution is 2.37. The van der Waals surface area contributed by atoms with Gasteiger partial charge in [-0.05, 0) is 108 Å². The number of carbonyl (C=O) groups is 2. The van der Waals surface area contributed by atoms with Crippen LogP contribution in [0.25, 0.3) is 10.9 Å². The Morgan fingerprint density at radius 3 is 2.27 bits per heavy atom. The molecule has 2 aliphatic rings. The van der Waals surface area contributed by atoms with Crippen molar-refractivity contribution >= 4 is 22.8 Å². The Morgan fingerprint density at radius 1 is 0.812 bits per heavy atom. The normalized spacial score (nSPS) is 16.6. The smallest absolute Gasteiger partial charge is 0.347 e. The number of aromatic hydroxyl groups is 1. The van der Waals surface area contributed by atoms with Crippen molar-refractivity contribution in [2.75, 3.05) is 46.4 Å². The molecule has 0 saturated carbocycles. The van der Waals surface area contributed by atoms with Crippen LogP contribution in [0.4, 0.5) is 0 Å². The number of esters is 1. The lowest BCUT2D eigenvalue weighted by Crippen LogP contribution is -2.41. The minimum Gasteiger partial charge on any atom is -0.506 e. The molecule has 0 bridgehead atoms. The van der Waals surface area contributed by atoms with E-state index in [0.717, 1.165) is 43.6 Å². The molecule has 12 nitrogen and oxygen atoms in total. The lowest BCUT2D eigenvalue weighted by atomic mass is 9.82. The number of aromatic nitrogens is 1. The monoisotopic (exact) mass is 864 g/mol. The minimum absolute atomic E-state index is 0.0711. The van der Waals surface area contributed by atoms with Gasteiger partial charge in [-0.3, -0.25) is 14.5 Å². The van der Waals surface area contributed by atoms with Crippen molar-refractivity contribution in [2.45, 2.75) is 56.4 Å². The van der Waals surface area contributed by atoms with Gasteiger partial charge in [-0.1, -0.05) is 97.1 Å². The van der Waals surface area contributed by atoms with Gasteiger partial charge < -0.3 is 40.0 Å². The summed E-state index contributed by atoms with van der Waals surface area (Å²) in [5, 5.41) is 37.4. The summed E-state index contributed by atoms with van der Waals surface area (Å²) in [7, 11) is 1.54. The van der Waals surface area contributed by atoms with E-state index < -0.39 is 17.7 Å². The number of hydrogen-bond acceptors (Lipinski definition) is 10. The number of pyridine rings is 1. The molecule has 1 aromatic heterocycles. The Hall–Kier alpha value is -6.31. The molecule has 12 heteroatoms. The summed E-state index contributed by atoms with van der Waals surface area (Å²) >= 11 is 0. The van der Waals surface area contributed by atoms with Crippen LogP contribution in [-0.2, 0) is 28.2 Å². The summed E-state index contributed by atoms with van der Waals surface area (Å²) in [5.41, 5.74) is 3.00. The highest BCUT2D eigenvalue weighted by atomic mass is 16.5. The molecule has 0 unspecified atom stereocenters. The number of fused-ring (bicyclic) bond motifs is 1. The number of ether oxygens (including phenoxy) is 2. The fraction of sp³-hybridized carbons (Fsp3) is 0.327. The van der Waals surface area contributed by atoms with E-state index in [1.807, 2.05) is 59.5 Å². The Bertz CT molecular complexity index is 2600. The first-order valence-electron chi connectivity index (χ1n) is 22.1. The van der Waals surface area contributed by atoms with Crippen LogP contribution in [0.2, 0.25) is 0 Å². The first kappa shape index (κ1) is 44.3. The second kappa shape index (κ2) is 20.0. The molecule has 5 aromatic carbocycles. The van der Waals surface area contributed by atoms with E-state index in [2.05, 4.69) is 39.5 Å². The number of hydrogen-bond donors (Lipinski definition) is 5. The van der Waals surface area contributed by atoms with Gasteiger partial charge in [0.25, 0.3) is 5.91 Å². The number of phenols is 1. The molecule has 0 aliphatic carbocycles. The fourth-order valence-electron chi connectivity index (χ4n) is 9.17. The summed E-state index contributed by atoms with van der Waals surface area (Å²) < 4.78 is 11.7. The van der Waals surface area contributed by atoms with Crippen LogP contribution in [0, 0.1) is 5.92 Å². The Balaban J connectivity index is 0.869. The number of aliphatic hydroxyl groups excluding tert-OH is 1. The number of carbonyl (C=O) groups excluding carboxylic acids is 2. The van der Waals surface area contributed by atoms with E-state index in [9.17, 15) is 29.7 Å². The van der Waals surface area contributed by atoms with Crippen molar-refractivity contribution in [3.8, 4) is 11.5 Å². The Labute approximate surface area is 373 Å². The van der Waals surface area contributed by atoms with Crippen LogP contribution in [0.3, 0.4) is 0 Å². The number of likely N-dealkylation sites (tertiary alicyclic amines) is 2. The summed E-state index contributed by atoms with van der Waals surface area (Å²) in [6, 6.07) is 38.5. The van der Waals surface area contributed by atoms with Crippen LogP contribution < -0.4 is 15.6 Å². The number of nitrogens with one attached hydrogen (secondary N) is 2. The van der Waals surface area contributed by atoms with E-state index in [0.29, 0.717) is 65.9 Å². The zero-order chi connectivity index (χ0) is 44.6. The maximum atomic E-state index is 14.1. The molecule has 332 valence electrons. The third-order valence-corrected chi connectivity index (χ3v) is 12.9. The number of aromatic amines is 1. The number of benzene rings is 5. The molecular formula is C52H56N4O8. The maximum Gasteiger partial charge on any atom is 0.347 e. The molecular weight excluding hydrogens is 809 g/mol. The Morgan fingerprint density at radius 2 is 1.53 bits per heavy atom. The topological polar surface area (TPSA) is 165 Å². The molecule has 2 atom stereocenters. The predicted octanol–water partition coefficient (Wildman–Crippen LogP) is 6.78. The van der Waals surface area contributed by atoms with E-state index in [1.165, 1.54) is 24.8 Å². The van der Waals surface area contributed by atoms with Gasteiger partial charge >= 0.3 is 5.97 Å². The number of amides is 1. The molecule has 2 aliphatic heterocycles. The highest BCUT2D eigenvalue weighted by molar-refractivity contribution is 5.97. The average Bonchev–Trinajstić information content (AvgIpc) is 3.34. The summed E-state index contributed by atoms with van der Waals surface area (Å²) in [4.78, 5) is 46.6. The largest absolute Gasteiger partial charge is 0.506 e. The predicted molar refractivity (Wildman–Crippen MR) is 245 cm³/mol. The van der Waals surface area contributed by atoms with Crippen molar-refractivity contribution in [1.82, 2.24) is 20.1 Å². The van der Waals surface area contributed by atoms with Gasteiger partial charge in [-0.25, -0.2) is 4.79 Å². The second-order valence-electron chi connectivity index (χ2n) is 17.0. The second-order valence-corrected chi connectivity index (χ2v) is 17.0. The zero-order valence-corrected chi connectivity index (χ0v) is 36.1. The third-order valence-electron chi connectivity index (χ3n) is 12.9. The van der Waals surface area contributed by atoms with E-state index in [4.69, 9.17) is 9.47 Å². The molecule has 5 N–H and O–H groups in total. The van der Waals surface area contributed by atoms with Crippen LogP contribution in [0.5, 0.6) is 11.5 Å². The van der Waals surface area contributed by atoms with E-state index >= 15 is 0 Å². The standard InChI is InChI=1S/C52H56N4O8/c1-63-47-29-37(31-53-32-46(58)42-17-19-45(57)49-43(42)18-20-48(59)54-49)15-16-44(47)50(60)56-27-23-38(24-28-56)39-11-8-14-41(30-39)52(62,40-12-6-3-7-13-40)51(61)64-34-36-21-25-55(26-22-36)33-35-9-4-2-5-10-35/h2-20,29-30,36,38,46,53,57-58,62H,21-28,31-34H2,1H3,(H,54,59)/t46-,52-/m0/s1. The minimum atomic E-state index is -2.00. The highest BCUT2D eigenvalue weighted by Gasteiger charge is 2.42. The molecule has 8 rings (SSSR count). The Kier molecular flexibility index (Phi) is 13.9. The SMILES string of the molecule is COc1cc(CNC[C@H](O)c2ccc(O)c3[nH]c(=O)ccc23)ccc1C(=O)N1CCC(c2cccc([C@](O)(C(=O)OCC3CCN(Cc4ccccc4)CC3)c3ccccc3)c2)CC1. The average molecular weight is 865 g/mol. The summed E-state index contributed by atoms with van der Waals surface area (Å²) in [6.07, 6.45) is 2.31. The quantitative estimate of drug-likeness (QED) is 0.0696. The van der Waals surface area contributed by atoms with Crippen LogP contribution >= 0.6 is 0 Å². The van der Waals surface area contributed by atoms with Crippen LogP contribution in [0.15, 0.2) is 132 Å². The fourth-order valence-corrected chi connectivity index (χ4v) is 9.17. The molecule has 64 heavy (non-hydrogen) atoms. The van der Waals surface area contributed by atoms with Gasteiger partial charge in [0.1, 0.15) is 11.5 Å². The first-order chi connectivity index (χ1) is 31.1. The molecule has 6 aromatic rings. The number of methoxy groups -OCH3 is 1. The van der Waals surface area contributed by atoms with E-state index in [1.54, 1.807) is 36.4 Å². The number of aliphatic hydroxyl groups is 2. The lowest BCUT2D eigenvalue weighted by molar-refractivity contribution is -0.164. The number of nitrogens with zero attached hydrogens (tertiary/aromatic N) is 2. The van der Waals surface area contributed by atoms with Gasteiger partial charge in [0.15, 0.2) is 0 Å². The molecule has 3 heterocycles. The number of H-pyrrole nitrogens is 1. The van der Waals surface area contributed by atoms with Crippen molar-refractivity contribution in [2.24, 2.45) is 5.92 Å². The van der Waals surface area contributed by atoms with Crippen molar-refractivity contribution < 1.29 is 34.4 Å². The van der Waals surface area contributed by atoms with Gasteiger partial charge in [-0.2, -0.15) is 0 Å². The molecule has 2 fully saturated rings.